The van der Waals surface area contributed by atoms with Crippen molar-refractivity contribution in [2.45, 2.75) is 45.6 Å². The van der Waals surface area contributed by atoms with Crippen LogP contribution in [0.5, 0.6) is 0 Å². The van der Waals surface area contributed by atoms with Gasteiger partial charge in [0.25, 0.3) is 0 Å². The number of carbonyl (C=O) groups excluding carboxylic acids is 2. The summed E-state index contributed by atoms with van der Waals surface area (Å²) in [4.78, 5) is 23.9. The lowest BCUT2D eigenvalue weighted by Crippen LogP contribution is -2.52. The Bertz CT molecular complexity index is 459. The molecule has 0 saturated heterocycles. The van der Waals surface area contributed by atoms with Crippen LogP contribution in [0.15, 0.2) is 30.3 Å². The van der Waals surface area contributed by atoms with Crippen molar-refractivity contribution >= 4 is 11.9 Å². The van der Waals surface area contributed by atoms with Gasteiger partial charge in [0, 0.05) is 5.54 Å². The van der Waals surface area contributed by atoms with Crippen molar-refractivity contribution in [1.29, 1.82) is 0 Å². The zero-order chi connectivity index (χ0) is 14.7. The molecule has 0 bridgehead atoms. The number of amides is 3. The third-order valence-electron chi connectivity index (χ3n) is 2.78. The van der Waals surface area contributed by atoms with Gasteiger partial charge in [-0.2, -0.15) is 0 Å². The lowest BCUT2D eigenvalue weighted by Gasteiger charge is -2.26. The minimum absolute atomic E-state index is 0.319. The molecule has 0 radical (unpaired) electrons. The lowest BCUT2D eigenvalue weighted by atomic mass is 9.84. The molecule has 3 amide bonds. The third-order valence-corrected chi connectivity index (χ3v) is 2.78. The summed E-state index contributed by atoms with van der Waals surface area (Å²) in [6.07, 6.45) is 0. The maximum atomic E-state index is 12.2. The van der Waals surface area contributed by atoms with Crippen molar-refractivity contribution in [2.24, 2.45) is 0 Å². The number of imide groups is 1. The quantitative estimate of drug-likeness (QED) is 0.860. The Balaban J connectivity index is 2.75. The van der Waals surface area contributed by atoms with Gasteiger partial charge in [0.1, 0.15) is 0 Å². The van der Waals surface area contributed by atoms with Crippen LogP contribution in [-0.4, -0.2) is 17.5 Å². The highest BCUT2D eigenvalue weighted by Crippen LogP contribution is 2.22. The van der Waals surface area contributed by atoms with Crippen LogP contribution in [0.2, 0.25) is 0 Å². The van der Waals surface area contributed by atoms with Crippen LogP contribution < -0.4 is 10.6 Å². The fraction of sp³-hybridized carbons (Fsp3) is 0.467. The van der Waals surface area contributed by atoms with E-state index in [9.17, 15) is 9.59 Å². The highest BCUT2D eigenvalue weighted by Gasteiger charge is 2.31. The van der Waals surface area contributed by atoms with E-state index in [1.54, 1.807) is 13.8 Å². The van der Waals surface area contributed by atoms with Crippen molar-refractivity contribution in [3.05, 3.63) is 35.9 Å². The van der Waals surface area contributed by atoms with Crippen molar-refractivity contribution in [3.8, 4) is 0 Å². The van der Waals surface area contributed by atoms with E-state index in [1.807, 2.05) is 51.1 Å². The molecule has 0 unspecified atom stereocenters. The fourth-order valence-electron chi connectivity index (χ4n) is 1.62. The van der Waals surface area contributed by atoms with E-state index in [0.717, 1.165) is 5.56 Å². The minimum Gasteiger partial charge on any atom is -0.333 e. The summed E-state index contributed by atoms with van der Waals surface area (Å²) in [6, 6.07) is 8.92. The predicted octanol–water partition coefficient (Wildman–Crippen LogP) is 2.59. The molecule has 0 aliphatic heterocycles. The molecule has 4 heteroatoms. The molecule has 0 heterocycles. The molecule has 1 rings (SSSR count). The second kappa shape index (κ2) is 5.43. The molecule has 0 fully saturated rings. The van der Waals surface area contributed by atoms with E-state index >= 15 is 0 Å². The highest BCUT2D eigenvalue weighted by molar-refractivity contribution is 5.99. The molecule has 104 valence electrons. The number of rotatable bonds is 2. The van der Waals surface area contributed by atoms with Gasteiger partial charge in [0.05, 0.1) is 5.41 Å². The summed E-state index contributed by atoms with van der Waals surface area (Å²) in [5.41, 5.74) is -0.256. The standard InChI is InChI=1S/C15H22N2O2/c1-14(2,3)17-13(19)16-12(18)15(4,5)11-9-7-6-8-10-11/h6-10H,1-5H3,(H2,16,17,18,19). The zero-order valence-electron chi connectivity index (χ0n) is 12.2. The summed E-state index contributed by atoms with van der Waals surface area (Å²) < 4.78 is 0. The minimum atomic E-state index is -0.753. The van der Waals surface area contributed by atoms with E-state index in [-0.39, 0.29) is 11.4 Å². The van der Waals surface area contributed by atoms with Crippen LogP contribution in [0.25, 0.3) is 0 Å². The predicted molar refractivity (Wildman–Crippen MR) is 75.9 cm³/mol. The van der Waals surface area contributed by atoms with Gasteiger partial charge >= 0.3 is 6.03 Å². The summed E-state index contributed by atoms with van der Waals surface area (Å²) >= 11 is 0. The van der Waals surface area contributed by atoms with Gasteiger partial charge in [-0.15, -0.1) is 0 Å². The maximum Gasteiger partial charge on any atom is 0.321 e. The van der Waals surface area contributed by atoms with Crippen LogP contribution in [0, 0.1) is 0 Å². The Hall–Kier alpha value is -1.84. The van der Waals surface area contributed by atoms with E-state index < -0.39 is 11.4 Å². The number of nitrogens with one attached hydrogen (secondary N) is 2. The Kier molecular flexibility index (Phi) is 4.35. The van der Waals surface area contributed by atoms with Crippen molar-refractivity contribution in [3.63, 3.8) is 0 Å². The van der Waals surface area contributed by atoms with Gasteiger partial charge in [-0.25, -0.2) is 4.79 Å². The van der Waals surface area contributed by atoms with Gasteiger partial charge < -0.3 is 5.32 Å². The first-order valence-electron chi connectivity index (χ1n) is 6.32. The molecule has 0 aliphatic carbocycles. The molecule has 19 heavy (non-hydrogen) atoms. The second-order valence-corrected chi connectivity index (χ2v) is 6.15. The largest absolute Gasteiger partial charge is 0.333 e. The topological polar surface area (TPSA) is 58.2 Å². The summed E-state index contributed by atoms with van der Waals surface area (Å²) in [7, 11) is 0. The monoisotopic (exact) mass is 262 g/mol. The van der Waals surface area contributed by atoms with Crippen molar-refractivity contribution in [1.82, 2.24) is 10.6 Å². The number of benzene rings is 1. The van der Waals surface area contributed by atoms with E-state index in [2.05, 4.69) is 10.6 Å². The summed E-state index contributed by atoms with van der Waals surface area (Å²) in [5, 5.41) is 5.09. The van der Waals surface area contributed by atoms with Crippen LogP contribution in [0.4, 0.5) is 4.79 Å². The Labute approximate surface area is 114 Å². The smallest absolute Gasteiger partial charge is 0.321 e. The third kappa shape index (κ3) is 4.39. The fourth-order valence-corrected chi connectivity index (χ4v) is 1.62. The average Bonchev–Trinajstić information content (AvgIpc) is 2.27. The van der Waals surface area contributed by atoms with Crippen LogP contribution in [-0.2, 0) is 10.2 Å². The zero-order valence-corrected chi connectivity index (χ0v) is 12.2. The lowest BCUT2D eigenvalue weighted by molar-refractivity contribution is -0.124. The first-order valence-corrected chi connectivity index (χ1v) is 6.32. The van der Waals surface area contributed by atoms with E-state index in [1.165, 1.54) is 0 Å². The first-order chi connectivity index (χ1) is 8.63. The molecular formula is C15H22N2O2. The molecule has 4 nitrogen and oxygen atoms in total. The highest BCUT2D eigenvalue weighted by atomic mass is 16.2. The van der Waals surface area contributed by atoms with Gasteiger partial charge in [0.15, 0.2) is 0 Å². The van der Waals surface area contributed by atoms with Crippen molar-refractivity contribution < 1.29 is 9.59 Å². The summed E-state index contributed by atoms with van der Waals surface area (Å²) in [6.45, 7) is 9.17. The second-order valence-electron chi connectivity index (χ2n) is 6.15. The Morgan fingerprint density at radius 1 is 0.947 bits per heavy atom. The molecule has 1 aromatic rings. The average molecular weight is 262 g/mol. The van der Waals surface area contributed by atoms with Crippen LogP contribution >= 0.6 is 0 Å². The van der Waals surface area contributed by atoms with Gasteiger partial charge in [0.2, 0.25) is 5.91 Å². The first kappa shape index (κ1) is 15.2. The van der Waals surface area contributed by atoms with Gasteiger partial charge in [-0.1, -0.05) is 30.3 Å². The van der Waals surface area contributed by atoms with Gasteiger partial charge in [-0.3, -0.25) is 10.1 Å². The molecule has 0 spiro atoms. The molecule has 0 aliphatic rings. The number of urea groups is 1. The Morgan fingerprint density at radius 2 is 1.47 bits per heavy atom. The van der Waals surface area contributed by atoms with Crippen LogP contribution in [0.3, 0.4) is 0 Å². The molecule has 0 saturated carbocycles. The number of hydrogen-bond acceptors (Lipinski definition) is 2. The van der Waals surface area contributed by atoms with Crippen molar-refractivity contribution in [2.75, 3.05) is 0 Å². The molecule has 0 atom stereocenters. The van der Waals surface area contributed by atoms with Crippen LogP contribution in [0.1, 0.15) is 40.2 Å². The van der Waals surface area contributed by atoms with E-state index in [4.69, 9.17) is 0 Å². The maximum absolute atomic E-state index is 12.2. The number of carbonyl (C=O) groups is 2. The van der Waals surface area contributed by atoms with Gasteiger partial charge in [-0.05, 0) is 40.2 Å². The molecular weight excluding hydrogens is 240 g/mol. The number of hydrogen-bond donors (Lipinski definition) is 2. The summed E-state index contributed by atoms with van der Waals surface area (Å²) in [5.74, 6) is -0.319. The van der Waals surface area contributed by atoms with E-state index in [0.29, 0.717) is 0 Å². The SMILES string of the molecule is CC(C)(C)NC(=O)NC(=O)C(C)(C)c1ccccc1. The molecule has 0 aromatic heterocycles. The normalized spacial score (nSPS) is 11.8. The Morgan fingerprint density at radius 3 is 1.95 bits per heavy atom. The molecule has 1 aromatic carbocycles. The molecule has 2 N–H and O–H groups in total.